The molecule has 1 atom stereocenters. The number of rotatable bonds is 4. The van der Waals surface area contributed by atoms with Crippen molar-refractivity contribution in [2.45, 2.75) is 37.6 Å². The molecule has 1 saturated carbocycles. The molecule has 0 radical (unpaired) electrons. The highest BCUT2D eigenvalue weighted by molar-refractivity contribution is 5.02. The van der Waals surface area contributed by atoms with Gasteiger partial charge in [-0.3, -0.25) is 5.10 Å². The first-order valence-corrected chi connectivity index (χ1v) is 5.48. The van der Waals surface area contributed by atoms with Gasteiger partial charge in [0.25, 0.3) is 0 Å². The predicted octanol–water partition coefficient (Wildman–Crippen LogP) is 1.11. The highest BCUT2D eigenvalue weighted by atomic mass is 16.5. The van der Waals surface area contributed by atoms with Crippen LogP contribution in [0.15, 0.2) is 0 Å². The molecule has 0 amide bonds. The second-order valence-corrected chi connectivity index (χ2v) is 4.12. The van der Waals surface area contributed by atoms with Gasteiger partial charge in [0, 0.05) is 13.0 Å². The zero-order valence-corrected chi connectivity index (χ0v) is 9.07. The third kappa shape index (κ3) is 2.35. The number of hydrogen-bond acceptors (Lipinski definition) is 4. The molecular formula is C10H18N4O. The summed E-state index contributed by atoms with van der Waals surface area (Å²) in [4.78, 5) is 4.44. The van der Waals surface area contributed by atoms with Crippen LogP contribution in [0.1, 0.15) is 49.3 Å². The van der Waals surface area contributed by atoms with Gasteiger partial charge in [-0.1, -0.05) is 12.8 Å². The van der Waals surface area contributed by atoms with Crippen molar-refractivity contribution in [1.82, 2.24) is 15.2 Å². The highest BCUT2D eigenvalue weighted by Crippen LogP contribution is 2.32. The van der Waals surface area contributed by atoms with Crippen molar-refractivity contribution in [1.29, 1.82) is 0 Å². The van der Waals surface area contributed by atoms with Crippen LogP contribution in [0.25, 0.3) is 0 Å². The van der Waals surface area contributed by atoms with Crippen molar-refractivity contribution in [3.63, 3.8) is 0 Å². The lowest BCUT2D eigenvalue weighted by Gasteiger charge is -2.05. The van der Waals surface area contributed by atoms with E-state index in [0.29, 0.717) is 18.3 Å². The molecule has 0 saturated heterocycles. The Balaban J connectivity index is 2.02. The fraction of sp³-hybridized carbons (Fsp3) is 0.800. The Kier molecular flexibility index (Phi) is 3.33. The van der Waals surface area contributed by atoms with E-state index in [-0.39, 0.29) is 6.04 Å². The summed E-state index contributed by atoms with van der Waals surface area (Å²) in [5.74, 6) is 2.22. The number of nitrogens with one attached hydrogen (secondary N) is 1. The van der Waals surface area contributed by atoms with Crippen LogP contribution in [0.5, 0.6) is 0 Å². The maximum absolute atomic E-state index is 5.85. The maximum atomic E-state index is 5.85. The number of hydrogen-bond donors (Lipinski definition) is 2. The molecule has 0 aromatic carbocycles. The van der Waals surface area contributed by atoms with Crippen LogP contribution in [-0.4, -0.2) is 28.9 Å². The van der Waals surface area contributed by atoms with Crippen LogP contribution in [0.2, 0.25) is 0 Å². The summed E-state index contributed by atoms with van der Waals surface area (Å²) in [5, 5.41) is 7.13. The quantitative estimate of drug-likeness (QED) is 0.780. The summed E-state index contributed by atoms with van der Waals surface area (Å²) in [6, 6.07) is -0.221. The van der Waals surface area contributed by atoms with Gasteiger partial charge in [-0.05, 0) is 12.8 Å². The van der Waals surface area contributed by atoms with E-state index < -0.39 is 0 Å². The molecule has 15 heavy (non-hydrogen) atoms. The molecule has 0 spiro atoms. The molecule has 1 aromatic rings. The van der Waals surface area contributed by atoms with Gasteiger partial charge >= 0.3 is 0 Å². The largest absolute Gasteiger partial charge is 0.383 e. The van der Waals surface area contributed by atoms with E-state index in [1.54, 1.807) is 7.11 Å². The van der Waals surface area contributed by atoms with Crippen LogP contribution in [0.4, 0.5) is 0 Å². The summed E-state index contributed by atoms with van der Waals surface area (Å²) >= 11 is 0. The normalized spacial score (nSPS) is 19.6. The number of aromatic amines is 1. The number of H-pyrrole nitrogens is 1. The van der Waals surface area contributed by atoms with Crippen LogP contribution in [0.3, 0.4) is 0 Å². The minimum Gasteiger partial charge on any atom is -0.383 e. The SMILES string of the molecule is COCC(N)c1n[nH]c(C2CCCC2)n1. The number of aromatic nitrogens is 3. The molecule has 2 rings (SSSR count). The van der Waals surface area contributed by atoms with E-state index in [0.717, 1.165) is 5.82 Å². The number of nitrogens with zero attached hydrogens (tertiary/aromatic N) is 2. The Hall–Kier alpha value is -0.940. The molecule has 1 unspecified atom stereocenters. The number of methoxy groups -OCH3 is 1. The van der Waals surface area contributed by atoms with Gasteiger partial charge < -0.3 is 10.5 Å². The van der Waals surface area contributed by atoms with Gasteiger partial charge in [0.15, 0.2) is 5.82 Å². The van der Waals surface area contributed by atoms with Crippen molar-refractivity contribution in [2.75, 3.05) is 13.7 Å². The van der Waals surface area contributed by atoms with E-state index in [2.05, 4.69) is 15.2 Å². The second kappa shape index (κ2) is 4.72. The molecule has 1 aliphatic rings. The van der Waals surface area contributed by atoms with Crippen molar-refractivity contribution in [3.8, 4) is 0 Å². The summed E-state index contributed by atoms with van der Waals surface area (Å²) < 4.78 is 4.97. The third-order valence-corrected chi connectivity index (χ3v) is 2.94. The molecular weight excluding hydrogens is 192 g/mol. The van der Waals surface area contributed by atoms with E-state index in [1.165, 1.54) is 25.7 Å². The third-order valence-electron chi connectivity index (χ3n) is 2.94. The van der Waals surface area contributed by atoms with Crippen LogP contribution < -0.4 is 5.73 Å². The molecule has 84 valence electrons. The topological polar surface area (TPSA) is 76.8 Å². The fourth-order valence-electron chi connectivity index (χ4n) is 2.09. The summed E-state index contributed by atoms with van der Waals surface area (Å²) in [6.45, 7) is 0.460. The van der Waals surface area contributed by atoms with Crippen LogP contribution in [0, 0.1) is 0 Å². The molecule has 0 bridgehead atoms. The molecule has 5 nitrogen and oxygen atoms in total. The highest BCUT2D eigenvalue weighted by Gasteiger charge is 2.21. The molecule has 1 fully saturated rings. The van der Waals surface area contributed by atoms with Gasteiger partial charge in [0.2, 0.25) is 0 Å². The van der Waals surface area contributed by atoms with Crippen molar-refractivity contribution in [3.05, 3.63) is 11.6 Å². The van der Waals surface area contributed by atoms with E-state index in [4.69, 9.17) is 10.5 Å². The van der Waals surface area contributed by atoms with Crippen molar-refractivity contribution < 1.29 is 4.74 Å². The molecule has 1 aromatic heterocycles. The van der Waals surface area contributed by atoms with Crippen LogP contribution in [-0.2, 0) is 4.74 Å². The summed E-state index contributed by atoms with van der Waals surface area (Å²) in [5.41, 5.74) is 5.85. The summed E-state index contributed by atoms with van der Waals surface area (Å²) in [6.07, 6.45) is 5.03. The Labute approximate surface area is 89.4 Å². The predicted molar refractivity (Wildman–Crippen MR) is 56.4 cm³/mol. The van der Waals surface area contributed by atoms with Gasteiger partial charge in [-0.2, -0.15) is 5.10 Å². The lowest BCUT2D eigenvalue weighted by molar-refractivity contribution is 0.178. The average Bonchev–Trinajstić information content (AvgIpc) is 2.89. The first-order valence-electron chi connectivity index (χ1n) is 5.48. The minimum atomic E-state index is -0.221. The molecule has 5 heteroatoms. The maximum Gasteiger partial charge on any atom is 0.169 e. The Morgan fingerprint density at radius 3 is 2.93 bits per heavy atom. The monoisotopic (exact) mass is 210 g/mol. The zero-order valence-electron chi connectivity index (χ0n) is 9.07. The number of ether oxygens (including phenoxy) is 1. The first-order chi connectivity index (χ1) is 7.31. The van der Waals surface area contributed by atoms with Gasteiger partial charge in [0.1, 0.15) is 5.82 Å². The minimum absolute atomic E-state index is 0.221. The second-order valence-electron chi connectivity index (χ2n) is 4.12. The van der Waals surface area contributed by atoms with E-state index in [9.17, 15) is 0 Å². The summed E-state index contributed by atoms with van der Waals surface area (Å²) in [7, 11) is 1.63. The first kappa shape index (κ1) is 10.6. The zero-order chi connectivity index (χ0) is 10.7. The lowest BCUT2D eigenvalue weighted by atomic mass is 10.1. The van der Waals surface area contributed by atoms with E-state index >= 15 is 0 Å². The van der Waals surface area contributed by atoms with E-state index in [1.807, 2.05) is 0 Å². The van der Waals surface area contributed by atoms with Gasteiger partial charge in [-0.15, -0.1) is 0 Å². The molecule has 1 aliphatic carbocycles. The standard InChI is InChI=1S/C10H18N4O/c1-15-6-8(11)10-12-9(13-14-10)7-4-2-3-5-7/h7-8H,2-6,11H2,1H3,(H,12,13,14). The Bertz CT molecular complexity index is 306. The van der Waals surface area contributed by atoms with Crippen LogP contribution >= 0.6 is 0 Å². The fourth-order valence-corrected chi connectivity index (χ4v) is 2.09. The molecule has 3 N–H and O–H groups in total. The molecule has 0 aliphatic heterocycles. The Morgan fingerprint density at radius 1 is 1.53 bits per heavy atom. The molecule has 1 heterocycles. The van der Waals surface area contributed by atoms with Gasteiger partial charge in [-0.25, -0.2) is 4.98 Å². The van der Waals surface area contributed by atoms with Crippen molar-refractivity contribution >= 4 is 0 Å². The van der Waals surface area contributed by atoms with Crippen molar-refractivity contribution in [2.24, 2.45) is 5.73 Å². The van der Waals surface area contributed by atoms with Gasteiger partial charge in [0.05, 0.1) is 12.6 Å². The lowest BCUT2D eigenvalue weighted by Crippen LogP contribution is -2.17. The Morgan fingerprint density at radius 2 is 2.27 bits per heavy atom. The number of nitrogens with two attached hydrogens (primary N) is 1. The smallest absolute Gasteiger partial charge is 0.169 e. The average molecular weight is 210 g/mol.